The SMILES string of the molecule is Cl.NCCNC(=O)C1CCCN(C(=O)c2cc3cc(F)ccc3s2)C1. The summed E-state index contributed by atoms with van der Waals surface area (Å²) in [4.78, 5) is 27.1. The summed E-state index contributed by atoms with van der Waals surface area (Å²) in [5, 5.41) is 3.52. The Bertz CT molecular complexity index is 767. The van der Waals surface area contributed by atoms with E-state index in [9.17, 15) is 14.0 Å². The Balaban J connectivity index is 0.00000225. The number of nitrogens with one attached hydrogen (secondary N) is 1. The molecule has 3 N–H and O–H groups in total. The van der Waals surface area contributed by atoms with Crippen molar-refractivity contribution in [3.63, 3.8) is 0 Å². The number of benzene rings is 1. The monoisotopic (exact) mass is 385 g/mol. The zero-order valence-corrected chi connectivity index (χ0v) is 15.3. The summed E-state index contributed by atoms with van der Waals surface area (Å²) in [7, 11) is 0. The Morgan fingerprint density at radius 3 is 2.92 bits per heavy atom. The molecule has 5 nitrogen and oxygen atoms in total. The molecule has 3 rings (SSSR count). The predicted molar refractivity (Wildman–Crippen MR) is 99.7 cm³/mol. The number of carbonyl (C=O) groups is 2. The van der Waals surface area contributed by atoms with Crippen molar-refractivity contribution in [3.05, 3.63) is 35.0 Å². The average Bonchev–Trinajstić information content (AvgIpc) is 3.02. The van der Waals surface area contributed by atoms with Crippen LogP contribution >= 0.6 is 23.7 Å². The number of thiophene rings is 1. The van der Waals surface area contributed by atoms with E-state index in [-0.39, 0.29) is 36.0 Å². The van der Waals surface area contributed by atoms with Crippen molar-refractivity contribution in [1.82, 2.24) is 10.2 Å². The van der Waals surface area contributed by atoms with Crippen molar-refractivity contribution >= 4 is 45.6 Å². The number of amides is 2. The summed E-state index contributed by atoms with van der Waals surface area (Å²) in [5.41, 5.74) is 5.40. The molecule has 1 atom stereocenters. The first-order chi connectivity index (χ1) is 11.6. The number of fused-ring (bicyclic) bond motifs is 1. The highest BCUT2D eigenvalue weighted by molar-refractivity contribution is 7.20. The van der Waals surface area contributed by atoms with Crippen molar-refractivity contribution < 1.29 is 14.0 Å². The lowest BCUT2D eigenvalue weighted by Crippen LogP contribution is -2.46. The molecule has 1 fully saturated rings. The van der Waals surface area contributed by atoms with E-state index in [0.717, 1.165) is 22.9 Å². The summed E-state index contributed by atoms with van der Waals surface area (Å²) < 4.78 is 14.2. The zero-order chi connectivity index (χ0) is 17.1. The molecule has 0 spiro atoms. The van der Waals surface area contributed by atoms with Crippen LogP contribution in [0.1, 0.15) is 22.5 Å². The number of halogens is 2. The highest BCUT2D eigenvalue weighted by atomic mass is 35.5. The van der Waals surface area contributed by atoms with E-state index in [1.807, 2.05) is 0 Å². The molecule has 8 heteroatoms. The first-order valence-electron chi connectivity index (χ1n) is 8.04. The van der Waals surface area contributed by atoms with E-state index in [0.29, 0.717) is 31.1 Å². The second kappa shape index (κ2) is 8.60. The standard InChI is InChI=1S/C17H20FN3O2S.ClH/c18-13-3-4-14-12(8-13)9-15(24-14)17(23)21-7-1-2-11(10-21)16(22)20-6-5-19;/h3-4,8-9,11H,1-2,5-7,10,19H2,(H,20,22);1H. The minimum atomic E-state index is -0.311. The Morgan fingerprint density at radius 2 is 2.16 bits per heavy atom. The molecular formula is C17H21ClFN3O2S. The molecule has 1 aliphatic rings. The summed E-state index contributed by atoms with van der Waals surface area (Å²) in [6.45, 7) is 1.91. The fraction of sp³-hybridized carbons (Fsp3) is 0.412. The number of carbonyl (C=O) groups excluding carboxylic acids is 2. The third kappa shape index (κ3) is 4.48. The van der Waals surface area contributed by atoms with E-state index >= 15 is 0 Å². The van der Waals surface area contributed by atoms with Gasteiger partial charge in [-0.3, -0.25) is 9.59 Å². The van der Waals surface area contributed by atoms with Gasteiger partial charge < -0.3 is 16.0 Å². The van der Waals surface area contributed by atoms with E-state index in [1.54, 1.807) is 17.0 Å². The smallest absolute Gasteiger partial charge is 0.263 e. The quantitative estimate of drug-likeness (QED) is 0.848. The van der Waals surface area contributed by atoms with Gasteiger partial charge in [0.25, 0.3) is 5.91 Å². The van der Waals surface area contributed by atoms with Crippen LogP contribution in [0.15, 0.2) is 24.3 Å². The van der Waals surface area contributed by atoms with Gasteiger partial charge in [-0.25, -0.2) is 4.39 Å². The van der Waals surface area contributed by atoms with Crippen LogP contribution in [-0.4, -0.2) is 42.9 Å². The topological polar surface area (TPSA) is 75.4 Å². The molecule has 0 aliphatic carbocycles. The predicted octanol–water partition coefficient (Wildman–Crippen LogP) is 2.39. The lowest BCUT2D eigenvalue weighted by Gasteiger charge is -2.31. The number of nitrogens with zero attached hydrogens (tertiary/aromatic N) is 1. The van der Waals surface area contributed by atoms with Crippen molar-refractivity contribution in [2.75, 3.05) is 26.2 Å². The number of likely N-dealkylation sites (tertiary alicyclic amines) is 1. The fourth-order valence-electron chi connectivity index (χ4n) is 2.99. The van der Waals surface area contributed by atoms with Gasteiger partial charge in [0.05, 0.1) is 10.8 Å². The molecule has 2 heterocycles. The average molecular weight is 386 g/mol. The first-order valence-corrected chi connectivity index (χ1v) is 8.86. The third-order valence-corrected chi connectivity index (χ3v) is 5.32. The maximum Gasteiger partial charge on any atom is 0.263 e. The maximum absolute atomic E-state index is 13.3. The number of piperidine rings is 1. The zero-order valence-electron chi connectivity index (χ0n) is 13.7. The van der Waals surface area contributed by atoms with Crippen molar-refractivity contribution in [1.29, 1.82) is 0 Å². The van der Waals surface area contributed by atoms with Crippen molar-refractivity contribution in [2.45, 2.75) is 12.8 Å². The van der Waals surface area contributed by atoms with Crippen LogP contribution < -0.4 is 11.1 Å². The number of hydrogen-bond donors (Lipinski definition) is 2. The van der Waals surface area contributed by atoms with Crippen molar-refractivity contribution in [3.8, 4) is 0 Å². The van der Waals surface area contributed by atoms with Crippen molar-refractivity contribution in [2.24, 2.45) is 11.7 Å². The van der Waals surface area contributed by atoms with Gasteiger partial charge in [-0.1, -0.05) is 0 Å². The van der Waals surface area contributed by atoms with Gasteiger partial charge in [0.1, 0.15) is 5.82 Å². The molecular weight excluding hydrogens is 365 g/mol. The fourth-order valence-corrected chi connectivity index (χ4v) is 4.00. The number of nitrogens with two attached hydrogens (primary N) is 1. The Labute approximate surface area is 155 Å². The normalized spacial score (nSPS) is 17.2. The minimum absolute atomic E-state index is 0. The van der Waals surface area contributed by atoms with E-state index in [2.05, 4.69) is 5.32 Å². The van der Waals surface area contributed by atoms with Gasteiger partial charge in [0.2, 0.25) is 5.91 Å². The summed E-state index contributed by atoms with van der Waals surface area (Å²) >= 11 is 1.36. The van der Waals surface area contributed by atoms with E-state index < -0.39 is 0 Å². The number of hydrogen-bond acceptors (Lipinski definition) is 4. The van der Waals surface area contributed by atoms with Gasteiger partial charge in [-0.2, -0.15) is 0 Å². The maximum atomic E-state index is 13.3. The summed E-state index contributed by atoms with van der Waals surface area (Å²) in [6.07, 6.45) is 1.57. The molecule has 136 valence electrons. The summed E-state index contributed by atoms with van der Waals surface area (Å²) in [5.74, 6) is -0.640. The molecule has 0 bridgehead atoms. The van der Waals surface area contributed by atoms with Crippen LogP contribution in [0.2, 0.25) is 0 Å². The van der Waals surface area contributed by atoms with Crippen LogP contribution in [0.5, 0.6) is 0 Å². The molecule has 1 unspecified atom stereocenters. The van der Waals surface area contributed by atoms with Gasteiger partial charge in [0.15, 0.2) is 0 Å². The molecule has 0 saturated carbocycles. The van der Waals surface area contributed by atoms with Crippen LogP contribution in [0.4, 0.5) is 4.39 Å². The van der Waals surface area contributed by atoms with Gasteiger partial charge in [-0.15, -0.1) is 23.7 Å². The van der Waals surface area contributed by atoms with Crippen LogP contribution in [0, 0.1) is 11.7 Å². The van der Waals surface area contributed by atoms with Gasteiger partial charge >= 0.3 is 0 Å². The summed E-state index contributed by atoms with van der Waals surface area (Å²) in [6, 6.07) is 6.24. The second-order valence-corrected chi connectivity index (χ2v) is 7.05. The first kappa shape index (κ1) is 19.6. The molecule has 1 aliphatic heterocycles. The Kier molecular flexibility index (Phi) is 6.75. The molecule has 2 amide bonds. The third-order valence-electron chi connectivity index (χ3n) is 4.21. The van der Waals surface area contributed by atoms with E-state index in [4.69, 9.17) is 5.73 Å². The molecule has 0 radical (unpaired) electrons. The largest absolute Gasteiger partial charge is 0.355 e. The molecule has 1 saturated heterocycles. The van der Waals surface area contributed by atoms with Crippen LogP contribution in [0.25, 0.3) is 10.1 Å². The lowest BCUT2D eigenvalue weighted by molar-refractivity contribution is -0.126. The minimum Gasteiger partial charge on any atom is -0.355 e. The van der Waals surface area contributed by atoms with Crippen LogP contribution in [0.3, 0.4) is 0 Å². The lowest BCUT2D eigenvalue weighted by atomic mass is 9.97. The van der Waals surface area contributed by atoms with Crippen LogP contribution in [-0.2, 0) is 4.79 Å². The van der Waals surface area contributed by atoms with Gasteiger partial charge in [-0.05, 0) is 42.5 Å². The number of rotatable bonds is 4. The van der Waals surface area contributed by atoms with Gasteiger partial charge in [0, 0.05) is 30.9 Å². The van der Waals surface area contributed by atoms with E-state index in [1.165, 1.54) is 23.5 Å². The molecule has 2 aromatic rings. The Hall–Kier alpha value is -1.70. The molecule has 25 heavy (non-hydrogen) atoms. The highest BCUT2D eigenvalue weighted by Crippen LogP contribution is 2.28. The highest BCUT2D eigenvalue weighted by Gasteiger charge is 2.29. The molecule has 1 aromatic heterocycles. The second-order valence-electron chi connectivity index (χ2n) is 5.96. The molecule has 1 aromatic carbocycles. The Morgan fingerprint density at radius 1 is 1.36 bits per heavy atom.